The first kappa shape index (κ1) is 14.9. The van der Waals surface area contributed by atoms with Crippen LogP contribution in [0.25, 0.3) is 0 Å². The van der Waals surface area contributed by atoms with Gasteiger partial charge in [-0.25, -0.2) is 0 Å². The minimum atomic E-state index is -0.464. The Bertz CT molecular complexity index is 479. The van der Waals surface area contributed by atoms with Gasteiger partial charge in [0.15, 0.2) is 0 Å². The van der Waals surface area contributed by atoms with Crippen molar-refractivity contribution in [1.29, 1.82) is 0 Å². The maximum absolute atomic E-state index is 6.25. The van der Waals surface area contributed by atoms with Gasteiger partial charge < -0.3 is 19.7 Å². The Morgan fingerprint density at radius 1 is 1.33 bits per heavy atom. The highest BCUT2D eigenvalue weighted by Gasteiger charge is 2.45. The highest BCUT2D eigenvalue weighted by atomic mass is 16.5. The molecule has 0 spiro atoms. The first-order valence-corrected chi connectivity index (χ1v) is 7.93. The van der Waals surface area contributed by atoms with Crippen LogP contribution in [0.5, 0.6) is 0 Å². The molecule has 1 aromatic rings. The first-order valence-electron chi connectivity index (χ1n) is 7.93. The quantitative estimate of drug-likeness (QED) is 0.913. The van der Waals surface area contributed by atoms with Gasteiger partial charge in [-0.2, -0.15) is 4.98 Å². The Morgan fingerprint density at radius 2 is 2.10 bits per heavy atom. The Kier molecular flexibility index (Phi) is 4.03. The van der Waals surface area contributed by atoms with Gasteiger partial charge in [0.25, 0.3) is 0 Å². The zero-order chi connectivity index (χ0) is 14.9. The maximum atomic E-state index is 6.25. The summed E-state index contributed by atoms with van der Waals surface area (Å²) in [6, 6.07) is 0.0866. The van der Waals surface area contributed by atoms with E-state index in [-0.39, 0.29) is 11.5 Å². The van der Waals surface area contributed by atoms with Crippen molar-refractivity contribution in [1.82, 2.24) is 10.1 Å². The number of hydrogen-bond donors (Lipinski definition) is 1. The molecule has 1 aliphatic carbocycles. The fourth-order valence-corrected chi connectivity index (χ4v) is 3.51. The van der Waals surface area contributed by atoms with Crippen LogP contribution < -0.4 is 5.73 Å². The highest BCUT2D eigenvalue weighted by molar-refractivity contribution is 5.14. The molecule has 3 rings (SSSR count). The van der Waals surface area contributed by atoms with Crippen molar-refractivity contribution in [3.8, 4) is 0 Å². The lowest BCUT2D eigenvalue weighted by atomic mass is 9.85. The topological polar surface area (TPSA) is 83.4 Å². The summed E-state index contributed by atoms with van der Waals surface area (Å²) in [5.74, 6) is 1.32. The van der Waals surface area contributed by atoms with Crippen molar-refractivity contribution in [3.63, 3.8) is 0 Å². The van der Waals surface area contributed by atoms with E-state index in [1.54, 1.807) is 0 Å². The first-order chi connectivity index (χ1) is 10.1. The summed E-state index contributed by atoms with van der Waals surface area (Å²) in [5.41, 5.74) is 5.58. The fraction of sp³-hybridized carbons (Fsp3) is 0.867. The van der Waals surface area contributed by atoms with Crippen LogP contribution in [0.3, 0.4) is 0 Å². The SMILES string of the molecule is CCOC1(c2noc(C3(C)CCCC3N)n2)CCOCC1. The van der Waals surface area contributed by atoms with Gasteiger partial charge in [-0.05, 0) is 26.7 Å². The molecular formula is C15H25N3O3. The van der Waals surface area contributed by atoms with Gasteiger partial charge in [-0.3, -0.25) is 0 Å². The number of hydrogen-bond acceptors (Lipinski definition) is 6. The van der Waals surface area contributed by atoms with E-state index >= 15 is 0 Å². The zero-order valence-corrected chi connectivity index (χ0v) is 12.9. The summed E-state index contributed by atoms with van der Waals surface area (Å²) in [4.78, 5) is 4.69. The number of ether oxygens (including phenoxy) is 2. The van der Waals surface area contributed by atoms with E-state index in [2.05, 4.69) is 12.1 Å². The standard InChI is InChI=1S/C15H25N3O3/c1-3-20-15(7-9-19-10-8-15)12-17-13(21-18-12)14(2)6-4-5-11(14)16/h11H,3-10,16H2,1-2H3. The van der Waals surface area contributed by atoms with Gasteiger partial charge >= 0.3 is 0 Å². The van der Waals surface area contributed by atoms with E-state index in [0.29, 0.717) is 31.5 Å². The number of nitrogens with zero attached hydrogens (tertiary/aromatic N) is 2. The molecule has 1 aromatic heterocycles. The van der Waals surface area contributed by atoms with Crippen molar-refractivity contribution in [2.75, 3.05) is 19.8 Å². The zero-order valence-electron chi connectivity index (χ0n) is 12.9. The van der Waals surface area contributed by atoms with Crippen LogP contribution in [0.15, 0.2) is 4.52 Å². The van der Waals surface area contributed by atoms with Crippen LogP contribution in [-0.2, 0) is 20.5 Å². The van der Waals surface area contributed by atoms with E-state index in [9.17, 15) is 0 Å². The minimum Gasteiger partial charge on any atom is -0.381 e. The average molecular weight is 295 g/mol. The normalized spacial score (nSPS) is 32.4. The smallest absolute Gasteiger partial charge is 0.234 e. The molecular weight excluding hydrogens is 270 g/mol. The minimum absolute atomic E-state index is 0.0866. The van der Waals surface area contributed by atoms with Crippen molar-refractivity contribution in [3.05, 3.63) is 11.7 Å². The van der Waals surface area contributed by atoms with Gasteiger partial charge in [-0.1, -0.05) is 11.6 Å². The molecule has 21 heavy (non-hydrogen) atoms. The van der Waals surface area contributed by atoms with E-state index in [1.165, 1.54) is 0 Å². The van der Waals surface area contributed by atoms with Crippen LogP contribution in [-0.4, -0.2) is 36.0 Å². The molecule has 0 aromatic carbocycles. The van der Waals surface area contributed by atoms with Gasteiger partial charge in [0, 0.05) is 38.7 Å². The molecule has 1 aliphatic heterocycles. The highest BCUT2D eigenvalue weighted by Crippen LogP contribution is 2.41. The molecule has 2 fully saturated rings. The molecule has 1 saturated heterocycles. The van der Waals surface area contributed by atoms with Gasteiger partial charge in [0.05, 0.1) is 5.41 Å². The molecule has 6 nitrogen and oxygen atoms in total. The van der Waals surface area contributed by atoms with E-state index < -0.39 is 5.60 Å². The molecule has 6 heteroatoms. The second-order valence-electron chi connectivity index (χ2n) is 6.38. The van der Waals surface area contributed by atoms with Crippen molar-refractivity contribution >= 4 is 0 Å². The molecule has 2 heterocycles. The lowest BCUT2D eigenvalue weighted by molar-refractivity contribution is -0.118. The van der Waals surface area contributed by atoms with Crippen LogP contribution in [0, 0.1) is 0 Å². The van der Waals surface area contributed by atoms with E-state index in [0.717, 1.165) is 32.1 Å². The Labute approximate surface area is 125 Å². The van der Waals surface area contributed by atoms with E-state index in [1.807, 2.05) is 6.92 Å². The molecule has 2 aliphatic rings. The summed E-state index contributed by atoms with van der Waals surface area (Å²) in [6.07, 6.45) is 4.66. The predicted octanol–water partition coefficient (Wildman–Crippen LogP) is 1.88. The van der Waals surface area contributed by atoms with Crippen molar-refractivity contribution in [2.45, 2.75) is 63.0 Å². The van der Waals surface area contributed by atoms with Crippen molar-refractivity contribution in [2.24, 2.45) is 5.73 Å². The Hall–Kier alpha value is -0.980. The number of aromatic nitrogens is 2. The largest absolute Gasteiger partial charge is 0.381 e. The Balaban J connectivity index is 1.89. The summed E-state index contributed by atoms with van der Waals surface area (Å²) in [7, 11) is 0. The molecule has 0 bridgehead atoms. The van der Waals surface area contributed by atoms with Gasteiger partial charge in [0.2, 0.25) is 11.7 Å². The lowest BCUT2D eigenvalue weighted by Gasteiger charge is -2.34. The average Bonchev–Trinajstić information content (AvgIpc) is 3.10. The maximum Gasteiger partial charge on any atom is 0.234 e. The molecule has 2 atom stereocenters. The summed E-state index contributed by atoms with van der Waals surface area (Å²) in [6.45, 7) is 6.08. The van der Waals surface area contributed by atoms with Gasteiger partial charge in [0.1, 0.15) is 5.60 Å². The third kappa shape index (κ3) is 2.49. The predicted molar refractivity (Wildman–Crippen MR) is 76.8 cm³/mol. The molecule has 0 radical (unpaired) electrons. The molecule has 118 valence electrons. The van der Waals surface area contributed by atoms with Crippen LogP contribution in [0.2, 0.25) is 0 Å². The second kappa shape index (κ2) is 5.66. The fourth-order valence-electron chi connectivity index (χ4n) is 3.51. The molecule has 2 N–H and O–H groups in total. The summed E-state index contributed by atoms with van der Waals surface area (Å²) < 4.78 is 17.0. The monoisotopic (exact) mass is 295 g/mol. The van der Waals surface area contributed by atoms with Crippen LogP contribution in [0.4, 0.5) is 0 Å². The number of nitrogens with two attached hydrogens (primary N) is 1. The van der Waals surface area contributed by atoms with Crippen molar-refractivity contribution < 1.29 is 14.0 Å². The molecule has 2 unspecified atom stereocenters. The summed E-state index contributed by atoms with van der Waals surface area (Å²) >= 11 is 0. The Morgan fingerprint density at radius 3 is 2.71 bits per heavy atom. The lowest BCUT2D eigenvalue weighted by Crippen LogP contribution is -2.40. The molecule has 1 saturated carbocycles. The van der Waals surface area contributed by atoms with Crippen LogP contribution in [0.1, 0.15) is 57.7 Å². The summed E-state index contributed by atoms with van der Waals surface area (Å²) in [5, 5.41) is 4.23. The third-order valence-corrected chi connectivity index (χ3v) is 5.07. The van der Waals surface area contributed by atoms with E-state index in [4.69, 9.17) is 24.7 Å². The van der Waals surface area contributed by atoms with Crippen LogP contribution >= 0.6 is 0 Å². The van der Waals surface area contributed by atoms with Gasteiger partial charge in [-0.15, -0.1) is 0 Å². The molecule has 0 amide bonds. The second-order valence-corrected chi connectivity index (χ2v) is 6.38. The third-order valence-electron chi connectivity index (χ3n) is 5.07. The number of rotatable bonds is 4.